The molecule has 1 aromatic rings. The molecule has 5 heteroatoms. The number of hydrogen-bond donors (Lipinski definition) is 0. The highest BCUT2D eigenvalue weighted by Gasteiger charge is 2.23. The molecule has 100 valence electrons. The Morgan fingerprint density at radius 3 is 2.56 bits per heavy atom. The Labute approximate surface area is 108 Å². The van der Waals surface area contributed by atoms with Gasteiger partial charge in [0, 0.05) is 0 Å². The average Bonchev–Trinajstić information content (AvgIpc) is 3.18. The Kier molecular flexibility index (Phi) is 4.24. The number of sulfone groups is 1. The molecule has 4 nitrogen and oxygen atoms in total. The van der Waals surface area contributed by atoms with Crippen LogP contribution in [0.2, 0.25) is 0 Å². The van der Waals surface area contributed by atoms with E-state index in [-0.39, 0.29) is 11.9 Å². The minimum absolute atomic E-state index is 0.206. The summed E-state index contributed by atoms with van der Waals surface area (Å²) in [4.78, 5) is 0.367. The lowest BCUT2D eigenvalue weighted by molar-refractivity contribution is 0.263. The zero-order valence-electron chi connectivity index (χ0n) is 10.5. The van der Waals surface area contributed by atoms with E-state index in [2.05, 4.69) is 0 Å². The molecule has 0 saturated carbocycles. The summed E-state index contributed by atoms with van der Waals surface area (Å²) < 4.78 is 34.3. The van der Waals surface area contributed by atoms with Crippen LogP contribution in [0.1, 0.15) is 19.8 Å². The van der Waals surface area contributed by atoms with Crippen molar-refractivity contribution < 1.29 is 17.9 Å². The Morgan fingerprint density at radius 1 is 1.33 bits per heavy atom. The summed E-state index contributed by atoms with van der Waals surface area (Å²) >= 11 is 0. The van der Waals surface area contributed by atoms with Gasteiger partial charge in [0.15, 0.2) is 9.84 Å². The van der Waals surface area contributed by atoms with E-state index in [1.165, 1.54) is 0 Å². The molecule has 1 saturated heterocycles. The van der Waals surface area contributed by atoms with Crippen molar-refractivity contribution >= 4 is 9.84 Å². The van der Waals surface area contributed by atoms with Crippen molar-refractivity contribution in [1.82, 2.24) is 0 Å². The van der Waals surface area contributed by atoms with E-state index in [4.69, 9.17) is 9.47 Å². The topological polar surface area (TPSA) is 55.9 Å². The smallest absolute Gasteiger partial charge is 0.178 e. The molecule has 1 heterocycles. The zero-order chi connectivity index (χ0) is 13.0. The lowest BCUT2D eigenvalue weighted by Crippen LogP contribution is -2.07. The van der Waals surface area contributed by atoms with Gasteiger partial charge in [0.2, 0.25) is 0 Å². The van der Waals surface area contributed by atoms with Crippen molar-refractivity contribution in [3.05, 3.63) is 24.3 Å². The molecular formula is C13H18O4S. The highest BCUT2D eigenvalue weighted by molar-refractivity contribution is 7.91. The van der Waals surface area contributed by atoms with Gasteiger partial charge in [-0.25, -0.2) is 8.42 Å². The van der Waals surface area contributed by atoms with Gasteiger partial charge in [0.1, 0.15) is 18.5 Å². The molecular weight excluding hydrogens is 252 g/mol. The van der Waals surface area contributed by atoms with Crippen molar-refractivity contribution in [1.29, 1.82) is 0 Å². The predicted molar refractivity (Wildman–Crippen MR) is 68.6 cm³/mol. The zero-order valence-corrected chi connectivity index (χ0v) is 11.3. The van der Waals surface area contributed by atoms with E-state index in [1.807, 2.05) is 6.92 Å². The van der Waals surface area contributed by atoms with Crippen molar-refractivity contribution in [2.75, 3.05) is 19.0 Å². The second kappa shape index (κ2) is 5.71. The summed E-state index contributed by atoms with van der Waals surface area (Å²) in [7, 11) is -3.14. The van der Waals surface area contributed by atoms with Crippen LogP contribution in [0.3, 0.4) is 0 Å². The molecule has 0 aliphatic carbocycles. The normalized spacial score (nSPS) is 18.6. The molecule has 1 aromatic carbocycles. The van der Waals surface area contributed by atoms with Gasteiger partial charge in [-0.3, -0.25) is 0 Å². The molecule has 0 amide bonds. The Morgan fingerprint density at radius 2 is 2.00 bits per heavy atom. The minimum Gasteiger partial charge on any atom is -0.491 e. The Bertz CT molecular complexity index is 474. The second-order valence-corrected chi connectivity index (χ2v) is 6.52. The lowest BCUT2D eigenvalue weighted by Gasteiger charge is -2.06. The minimum atomic E-state index is -3.14. The lowest BCUT2D eigenvalue weighted by atomic mass is 10.3. The number of epoxide rings is 1. The molecule has 0 spiro atoms. The van der Waals surface area contributed by atoms with Gasteiger partial charge in [0.05, 0.1) is 17.3 Å². The third kappa shape index (κ3) is 3.71. The van der Waals surface area contributed by atoms with Crippen LogP contribution in [-0.2, 0) is 14.6 Å². The fourth-order valence-corrected chi connectivity index (χ4v) is 3.00. The van der Waals surface area contributed by atoms with Gasteiger partial charge >= 0.3 is 0 Å². The molecule has 0 N–H and O–H groups in total. The van der Waals surface area contributed by atoms with Crippen LogP contribution < -0.4 is 4.74 Å². The van der Waals surface area contributed by atoms with Gasteiger partial charge in [-0.15, -0.1) is 0 Å². The Balaban J connectivity index is 1.97. The highest BCUT2D eigenvalue weighted by Crippen LogP contribution is 2.19. The fourth-order valence-electron chi connectivity index (χ4n) is 1.55. The van der Waals surface area contributed by atoms with E-state index in [0.29, 0.717) is 23.7 Å². The maximum absolute atomic E-state index is 11.9. The standard InChI is InChI=1S/C13H18O4S/c1-2-3-8-18(14,15)13-6-4-11(5-7-13)16-9-12-10-17-12/h4-7,12H,2-3,8-10H2,1H3. The number of hydrogen-bond acceptors (Lipinski definition) is 4. The van der Waals surface area contributed by atoms with Crippen LogP contribution >= 0.6 is 0 Å². The highest BCUT2D eigenvalue weighted by atomic mass is 32.2. The predicted octanol–water partition coefficient (Wildman–Crippen LogP) is 2.04. The summed E-state index contributed by atoms with van der Waals surface area (Å²) in [5.74, 6) is 0.888. The first-order valence-electron chi connectivity index (χ1n) is 6.19. The molecule has 1 fully saturated rings. The van der Waals surface area contributed by atoms with Gasteiger partial charge in [0.25, 0.3) is 0 Å². The second-order valence-electron chi connectivity index (χ2n) is 4.41. The van der Waals surface area contributed by atoms with E-state index >= 15 is 0 Å². The first-order valence-corrected chi connectivity index (χ1v) is 7.84. The summed E-state index contributed by atoms with van der Waals surface area (Å²) in [5.41, 5.74) is 0. The van der Waals surface area contributed by atoms with Crippen LogP contribution in [0.4, 0.5) is 0 Å². The van der Waals surface area contributed by atoms with Gasteiger partial charge < -0.3 is 9.47 Å². The largest absolute Gasteiger partial charge is 0.491 e. The molecule has 0 bridgehead atoms. The van der Waals surface area contributed by atoms with E-state index in [0.717, 1.165) is 13.0 Å². The molecule has 1 atom stereocenters. The Hall–Kier alpha value is -1.07. The third-order valence-corrected chi connectivity index (χ3v) is 4.60. The number of benzene rings is 1. The molecule has 0 radical (unpaired) electrons. The number of rotatable bonds is 7. The number of unbranched alkanes of at least 4 members (excludes halogenated alkanes) is 1. The summed E-state index contributed by atoms with van der Waals surface area (Å²) in [6.07, 6.45) is 1.78. The van der Waals surface area contributed by atoms with Gasteiger partial charge in [-0.2, -0.15) is 0 Å². The monoisotopic (exact) mass is 270 g/mol. The third-order valence-electron chi connectivity index (χ3n) is 2.79. The van der Waals surface area contributed by atoms with Crippen molar-refractivity contribution in [3.8, 4) is 5.75 Å². The van der Waals surface area contributed by atoms with E-state index in [9.17, 15) is 8.42 Å². The van der Waals surface area contributed by atoms with Crippen LogP contribution in [0, 0.1) is 0 Å². The fraction of sp³-hybridized carbons (Fsp3) is 0.538. The number of ether oxygens (including phenoxy) is 2. The van der Waals surface area contributed by atoms with Crippen LogP contribution in [0.5, 0.6) is 5.75 Å². The van der Waals surface area contributed by atoms with Crippen molar-refractivity contribution in [3.63, 3.8) is 0 Å². The van der Waals surface area contributed by atoms with E-state index < -0.39 is 9.84 Å². The summed E-state index contributed by atoms with van der Waals surface area (Å²) in [5, 5.41) is 0. The first kappa shape index (κ1) is 13.4. The van der Waals surface area contributed by atoms with Gasteiger partial charge in [-0.1, -0.05) is 13.3 Å². The molecule has 0 aromatic heterocycles. The maximum Gasteiger partial charge on any atom is 0.178 e. The molecule has 2 rings (SSSR count). The first-order chi connectivity index (χ1) is 8.62. The van der Waals surface area contributed by atoms with Gasteiger partial charge in [-0.05, 0) is 30.7 Å². The van der Waals surface area contributed by atoms with Crippen molar-refractivity contribution in [2.45, 2.75) is 30.8 Å². The summed E-state index contributed by atoms with van der Waals surface area (Å²) in [6, 6.07) is 6.60. The van der Waals surface area contributed by atoms with Crippen LogP contribution in [-0.4, -0.2) is 33.5 Å². The molecule has 18 heavy (non-hydrogen) atoms. The van der Waals surface area contributed by atoms with Crippen molar-refractivity contribution in [2.24, 2.45) is 0 Å². The average molecular weight is 270 g/mol. The molecule has 1 aliphatic rings. The molecule has 1 unspecified atom stereocenters. The quantitative estimate of drug-likeness (QED) is 0.711. The summed E-state index contributed by atoms with van der Waals surface area (Å²) in [6.45, 7) is 3.26. The van der Waals surface area contributed by atoms with Crippen LogP contribution in [0.15, 0.2) is 29.2 Å². The molecule has 1 aliphatic heterocycles. The van der Waals surface area contributed by atoms with E-state index in [1.54, 1.807) is 24.3 Å². The SMILES string of the molecule is CCCCS(=O)(=O)c1ccc(OCC2CO2)cc1. The maximum atomic E-state index is 11.9. The van der Waals surface area contributed by atoms with Crippen LogP contribution in [0.25, 0.3) is 0 Å².